The summed E-state index contributed by atoms with van der Waals surface area (Å²) < 4.78 is 67.1. The number of hydrogen-bond donors (Lipinski definition) is 2. The van der Waals surface area contributed by atoms with E-state index in [0.29, 0.717) is 5.56 Å². The summed E-state index contributed by atoms with van der Waals surface area (Å²) in [6, 6.07) is 8.11. The number of nitrogens with two attached hydrogens (primary N) is 1. The predicted octanol–water partition coefficient (Wildman–Crippen LogP) is 2.79. The van der Waals surface area contributed by atoms with E-state index in [-0.39, 0.29) is 16.1 Å². The largest absolute Gasteiger partial charge is 0.573 e. The first kappa shape index (κ1) is 18.6. The number of carbonyl (C=O) groups is 1. The van der Waals surface area contributed by atoms with Crippen molar-refractivity contribution in [3.8, 4) is 5.75 Å². The van der Waals surface area contributed by atoms with Gasteiger partial charge in [0.1, 0.15) is 5.75 Å². The number of para-hydroxylation sites is 1. The molecule has 25 heavy (non-hydrogen) atoms. The van der Waals surface area contributed by atoms with Crippen LogP contribution in [0, 0.1) is 6.92 Å². The number of nitrogens with one attached hydrogen (secondary N) is 1. The van der Waals surface area contributed by atoms with Gasteiger partial charge in [0.05, 0.1) is 16.1 Å². The van der Waals surface area contributed by atoms with Gasteiger partial charge in [-0.2, -0.15) is 0 Å². The normalized spacial score (nSPS) is 11.8. The van der Waals surface area contributed by atoms with Gasteiger partial charge in [0, 0.05) is 0 Å². The van der Waals surface area contributed by atoms with E-state index in [0.717, 1.165) is 24.3 Å². The number of sulfonamides is 1. The van der Waals surface area contributed by atoms with Gasteiger partial charge in [0.2, 0.25) is 0 Å². The van der Waals surface area contributed by atoms with Crippen LogP contribution in [0.4, 0.5) is 18.9 Å². The van der Waals surface area contributed by atoms with Crippen molar-refractivity contribution in [2.75, 3.05) is 4.72 Å². The van der Waals surface area contributed by atoms with Crippen LogP contribution in [0.3, 0.4) is 0 Å². The van der Waals surface area contributed by atoms with E-state index in [1.54, 1.807) is 13.0 Å². The van der Waals surface area contributed by atoms with Crippen LogP contribution >= 0.6 is 0 Å². The van der Waals surface area contributed by atoms with Crippen molar-refractivity contribution in [2.45, 2.75) is 18.2 Å². The molecule has 2 aromatic carbocycles. The number of amides is 1. The molecular weight excluding hydrogens is 361 g/mol. The van der Waals surface area contributed by atoms with Gasteiger partial charge in [0.15, 0.2) is 0 Å². The lowest BCUT2D eigenvalue weighted by molar-refractivity contribution is -0.274. The van der Waals surface area contributed by atoms with Crippen LogP contribution in [0.15, 0.2) is 47.4 Å². The third kappa shape index (κ3) is 4.63. The molecule has 0 saturated carbocycles. The zero-order valence-electron chi connectivity index (χ0n) is 12.8. The molecule has 10 heteroatoms. The fourth-order valence-corrected chi connectivity index (χ4v) is 3.17. The van der Waals surface area contributed by atoms with E-state index in [4.69, 9.17) is 5.73 Å². The first-order valence-electron chi connectivity index (χ1n) is 6.77. The minimum Gasteiger partial charge on any atom is -0.406 e. The molecule has 0 aromatic heterocycles. The second kappa shape index (κ2) is 6.63. The average molecular weight is 374 g/mol. The zero-order valence-corrected chi connectivity index (χ0v) is 13.6. The molecule has 0 unspecified atom stereocenters. The molecule has 6 nitrogen and oxygen atoms in total. The van der Waals surface area contributed by atoms with Crippen LogP contribution in [0.1, 0.15) is 15.9 Å². The van der Waals surface area contributed by atoms with Gasteiger partial charge in [-0.25, -0.2) is 8.42 Å². The minimum absolute atomic E-state index is 0.00520. The molecule has 0 radical (unpaired) electrons. The predicted molar refractivity (Wildman–Crippen MR) is 83.6 cm³/mol. The molecule has 0 fully saturated rings. The van der Waals surface area contributed by atoms with E-state index >= 15 is 0 Å². The Balaban J connectivity index is 2.33. The van der Waals surface area contributed by atoms with Crippen molar-refractivity contribution in [1.29, 1.82) is 0 Å². The topological polar surface area (TPSA) is 98.5 Å². The maximum Gasteiger partial charge on any atom is 0.573 e. The van der Waals surface area contributed by atoms with Crippen molar-refractivity contribution >= 4 is 21.6 Å². The van der Waals surface area contributed by atoms with E-state index < -0.39 is 28.0 Å². The summed E-state index contributed by atoms with van der Waals surface area (Å²) in [4.78, 5) is 11.1. The van der Waals surface area contributed by atoms with Gasteiger partial charge in [-0.3, -0.25) is 9.52 Å². The Labute approximate surface area is 141 Å². The Kier molecular flexibility index (Phi) is 4.93. The number of aryl methyl sites for hydroxylation is 1. The Morgan fingerprint density at radius 1 is 1.12 bits per heavy atom. The maximum atomic E-state index is 12.4. The molecule has 0 bridgehead atoms. The van der Waals surface area contributed by atoms with E-state index in [1.165, 1.54) is 12.1 Å². The van der Waals surface area contributed by atoms with Crippen LogP contribution in [0.2, 0.25) is 0 Å². The molecule has 3 N–H and O–H groups in total. The van der Waals surface area contributed by atoms with Crippen LogP contribution in [-0.2, 0) is 10.0 Å². The number of anilines is 1. The van der Waals surface area contributed by atoms with Gasteiger partial charge in [-0.15, -0.1) is 13.2 Å². The second-order valence-electron chi connectivity index (χ2n) is 4.99. The van der Waals surface area contributed by atoms with E-state index in [2.05, 4.69) is 9.46 Å². The third-order valence-corrected chi connectivity index (χ3v) is 4.51. The smallest absolute Gasteiger partial charge is 0.406 e. The van der Waals surface area contributed by atoms with E-state index in [1.807, 2.05) is 0 Å². The van der Waals surface area contributed by atoms with Crippen molar-refractivity contribution in [3.05, 3.63) is 53.6 Å². The summed E-state index contributed by atoms with van der Waals surface area (Å²) in [6.07, 6.45) is -4.88. The number of halogens is 3. The Hall–Kier alpha value is -2.75. The summed E-state index contributed by atoms with van der Waals surface area (Å²) in [5.41, 5.74) is 5.66. The third-order valence-electron chi connectivity index (χ3n) is 3.14. The number of primary amides is 1. The zero-order chi connectivity index (χ0) is 18.8. The summed E-state index contributed by atoms with van der Waals surface area (Å²) in [5, 5.41) is 0. The van der Waals surface area contributed by atoms with Crippen LogP contribution < -0.4 is 15.2 Å². The number of ether oxygens (including phenoxy) is 1. The minimum atomic E-state index is -4.88. The molecule has 0 aliphatic rings. The van der Waals surface area contributed by atoms with E-state index in [9.17, 15) is 26.4 Å². The molecule has 2 rings (SSSR count). The van der Waals surface area contributed by atoms with Gasteiger partial charge >= 0.3 is 6.36 Å². The molecule has 0 spiro atoms. The van der Waals surface area contributed by atoms with Crippen LogP contribution in [0.5, 0.6) is 5.75 Å². The Morgan fingerprint density at radius 3 is 2.24 bits per heavy atom. The monoisotopic (exact) mass is 374 g/mol. The van der Waals surface area contributed by atoms with Gasteiger partial charge in [-0.05, 0) is 42.8 Å². The molecule has 0 heterocycles. The number of hydrogen-bond acceptors (Lipinski definition) is 4. The van der Waals surface area contributed by atoms with Crippen molar-refractivity contribution < 1.29 is 31.1 Å². The summed E-state index contributed by atoms with van der Waals surface area (Å²) in [5.74, 6) is -1.38. The molecule has 0 aliphatic carbocycles. The maximum absolute atomic E-state index is 12.4. The lowest BCUT2D eigenvalue weighted by Gasteiger charge is -2.14. The fraction of sp³-hybridized carbons (Fsp3) is 0.133. The van der Waals surface area contributed by atoms with Gasteiger partial charge < -0.3 is 10.5 Å². The lowest BCUT2D eigenvalue weighted by Crippen LogP contribution is -2.20. The Morgan fingerprint density at radius 2 is 1.72 bits per heavy atom. The number of carbonyl (C=O) groups excluding carboxylic acids is 1. The van der Waals surface area contributed by atoms with Crippen LogP contribution in [0.25, 0.3) is 0 Å². The number of rotatable bonds is 5. The highest BCUT2D eigenvalue weighted by Crippen LogP contribution is 2.26. The van der Waals surface area contributed by atoms with Gasteiger partial charge in [0.25, 0.3) is 15.9 Å². The average Bonchev–Trinajstić information content (AvgIpc) is 2.48. The number of alkyl halides is 3. The van der Waals surface area contributed by atoms with Crippen molar-refractivity contribution in [2.24, 2.45) is 5.73 Å². The molecule has 2 aromatic rings. The highest BCUT2D eigenvalue weighted by Gasteiger charge is 2.31. The summed E-state index contributed by atoms with van der Waals surface area (Å²) in [7, 11) is -4.15. The Bertz CT molecular complexity index is 894. The van der Waals surface area contributed by atoms with Crippen molar-refractivity contribution in [1.82, 2.24) is 0 Å². The number of benzene rings is 2. The summed E-state index contributed by atoms with van der Waals surface area (Å²) >= 11 is 0. The molecular formula is C15H13F3N2O4S. The first-order chi connectivity index (χ1) is 11.5. The van der Waals surface area contributed by atoms with Gasteiger partial charge in [-0.1, -0.05) is 12.1 Å². The molecule has 0 aliphatic heterocycles. The SMILES string of the molecule is Cc1cccc(C(N)=O)c1NS(=O)(=O)c1ccc(OC(F)(F)F)cc1. The summed E-state index contributed by atoms with van der Waals surface area (Å²) in [6.45, 7) is 1.57. The highest BCUT2D eigenvalue weighted by molar-refractivity contribution is 7.92. The fourth-order valence-electron chi connectivity index (χ4n) is 2.02. The molecule has 1 amide bonds. The lowest BCUT2D eigenvalue weighted by atomic mass is 10.1. The molecule has 134 valence electrons. The molecule has 0 saturated heterocycles. The highest BCUT2D eigenvalue weighted by atomic mass is 32.2. The van der Waals surface area contributed by atoms with Crippen molar-refractivity contribution in [3.63, 3.8) is 0 Å². The first-order valence-corrected chi connectivity index (χ1v) is 8.26. The quantitative estimate of drug-likeness (QED) is 0.841. The standard InChI is InChI=1S/C15H13F3N2O4S/c1-9-3-2-4-12(14(19)21)13(9)20-25(22,23)11-7-5-10(6-8-11)24-15(16,17)18/h2-8,20H,1H3,(H2,19,21). The van der Waals surface area contributed by atoms with Crippen LogP contribution in [-0.4, -0.2) is 20.7 Å². The molecule has 0 atom stereocenters. The second-order valence-corrected chi connectivity index (χ2v) is 6.67.